The summed E-state index contributed by atoms with van der Waals surface area (Å²) < 4.78 is 61.3. The number of hydrogen-bond acceptors (Lipinski definition) is 6. The topological polar surface area (TPSA) is 127 Å². The molecule has 1 aromatic carbocycles. The van der Waals surface area contributed by atoms with Crippen molar-refractivity contribution in [1.82, 2.24) is 4.31 Å². The Balaban J connectivity index is 3.02. The number of sulfonamides is 1. The second-order valence-electron chi connectivity index (χ2n) is 4.85. The monoisotopic (exact) mass is 352 g/mol. The molecule has 0 aromatic heterocycles. The van der Waals surface area contributed by atoms with Gasteiger partial charge in [-0.1, -0.05) is 0 Å². The van der Waals surface area contributed by atoms with Crippen LogP contribution >= 0.6 is 0 Å². The second-order valence-corrected chi connectivity index (χ2v) is 8.42. The number of hydrogen-bond donors (Lipinski definition) is 2. The molecule has 0 aliphatic rings. The van der Waals surface area contributed by atoms with Crippen molar-refractivity contribution < 1.29 is 26.1 Å². The molecule has 22 heavy (non-hydrogen) atoms. The molecule has 10 heteroatoms. The SMILES string of the molecule is COc1cc(S(=O)(=O)N(C)C(C)CCS(=O)(=O)O)ccc1N. The number of methoxy groups -OCH3 is 1. The van der Waals surface area contributed by atoms with Crippen LogP contribution in [0.5, 0.6) is 5.75 Å². The van der Waals surface area contributed by atoms with E-state index in [9.17, 15) is 16.8 Å². The standard InChI is InChI=1S/C12H20N2O6S2/c1-9(6-7-21(15,16)17)14(2)22(18,19)10-4-5-11(13)12(8-10)20-3/h4-5,8-9H,6-7,13H2,1-3H3,(H,15,16,17). The lowest BCUT2D eigenvalue weighted by Crippen LogP contribution is -2.36. The summed E-state index contributed by atoms with van der Waals surface area (Å²) in [5.74, 6) is -0.279. The molecule has 1 rings (SSSR count). The van der Waals surface area contributed by atoms with Gasteiger partial charge in [-0.05, 0) is 25.5 Å². The largest absolute Gasteiger partial charge is 0.495 e. The average molecular weight is 352 g/mol. The molecule has 0 bridgehead atoms. The Hall–Kier alpha value is -1.36. The third-order valence-electron chi connectivity index (χ3n) is 3.30. The Labute approximate surface area is 130 Å². The molecular formula is C12H20N2O6S2. The first-order valence-electron chi connectivity index (χ1n) is 6.35. The molecule has 0 saturated carbocycles. The summed E-state index contributed by atoms with van der Waals surface area (Å²) in [7, 11) is -5.26. The Kier molecular flexibility index (Phi) is 5.79. The minimum atomic E-state index is -4.14. The van der Waals surface area contributed by atoms with Gasteiger partial charge >= 0.3 is 0 Å². The first-order valence-corrected chi connectivity index (χ1v) is 9.40. The maximum atomic E-state index is 12.5. The highest BCUT2D eigenvalue weighted by molar-refractivity contribution is 7.89. The molecule has 0 spiro atoms. The van der Waals surface area contributed by atoms with Crippen LogP contribution in [0.2, 0.25) is 0 Å². The predicted molar refractivity (Wildman–Crippen MR) is 82.8 cm³/mol. The number of nitrogen functional groups attached to an aromatic ring is 1. The lowest BCUT2D eigenvalue weighted by atomic mass is 10.3. The molecular weight excluding hydrogens is 332 g/mol. The van der Waals surface area contributed by atoms with E-state index in [0.717, 1.165) is 4.31 Å². The average Bonchev–Trinajstić information content (AvgIpc) is 2.43. The number of anilines is 1. The van der Waals surface area contributed by atoms with Gasteiger partial charge in [0.25, 0.3) is 10.1 Å². The van der Waals surface area contributed by atoms with E-state index in [1.165, 1.54) is 32.4 Å². The summed E-state index contributed by atoms with van der Waals surface area (Å²) in [5, 5.41) is 0. The summed E-state index contributed by atoms with van der Waals surface area (Å²) in [6.07, 6.45) is -0.0271. The van der Waals surface area contributed by atoms with Crippen molar-refractivity contribution in [2.75, 3.05) is 25.6 Å². The van der Waals surface area contributed by atoms with Crippen LogP contribution in [0.1, 0.15) is 13.3 Å². The highest BCUT2D eigenvalue weighted by Gasteiger charge is 2.26. The Bertz CT molecular complexity index is 730. The summed E-state index contributed by atoms with van der Waals surface area (Å²) in [6.45, 7) is 1.55. The lowest BCUT2D eigenvalue weighted by Gasteiger charge is -2.24. The van der Waals surface area contributed by atoms with Crippen molar-refractivity contribution in [3.05, 3.63) is 18.2 Å². The highest BCUT2D eigenvalue weighted by atomic mass is 32.2. The van der Waals surface area contributed by atoms with Gasteiger partial charge in [0, 0.05) is 19.2 Å². The molecule has 1 aromatic rings. The van der Waals surface area contributed by atoms with E-state index < -0.39 is 31.9 Å². The van der Waals surface area contributed by atoms with E-state index in [0.29, 0.717) is 5.69 Å². The Morgan fingerprint density at radius 1 is 1.32 bits per heavy atom. The van der Waals surface area contributed by atoms with Crippen molar-refractivity contribution >= 4 is 25.8 Å². The number of ether oxygens (including phenoxy) is 1. The molecule has 1 unspecified atom stereocenters. The minimum absolute atomic E-state index is 0.0141. The molecule has 126 valence electrons. The second kappa shape index (κ2) is 6.82. The summed E-state index contributed by atoms with van der Waals surface area (Å²) in [6, 6.07) is 3.45. The van der Waals surface area contributed by atoms with E-state index in [-0.39, 0.29) is 17.1 Å². The van der Waals surface area contributed by atoms with Gasteiger partial charge in [-0.25, -0.2) is 8.42 Å². The number of benzene rings is 1. The normalized spacial score (nSPS) is 14.0. The van der Waals surface area contributed by atoms with E-state index in [2.05, 4.69) is 0 Å². The van der Waals surface area contributed by atoms with Gasteiger partial charge < -0.3 is 10.5 Å². The van der Waals surface area contributed by atoms with Crippen LogP contribution in [-0.2, 0) is 20.1 Å². The third-order valence-corrected chi connectivity index (χ3v) is 6.02. The van der Waals surface area contributed by atoms with E-state index in [1.807, 2.05) is 0 Å². The number of nitrogens with zero attached hydrogens (tertiary/aromatic N) is 1. The van der Waals surface area contributed by atoms with Crippen LogP contribution in [0.25, 0.3) is 0 Å². The summed E-state index contributed by atoms with van der Waals surface area (Å²) in [5.41, 5.74) is 5.96. The van der Waals surface area contributed by atoms with Gasteiger partial charge in [-0.15, -0.1) is 0 Å². The molecule has 0 fully saturated rings. The zero-order valence-corrected chi connectivity index (χ0v) is 14.2. The van der Waals surface area contributed by atoms with Gasteiger partial charge in [-0.2, -0.15) is 12.7 Å². The summed E-state index contributed by atoms with van der Waals surface area (Å²) >= 11 is 0. The van der Waals surface area contributed by atoms with Crippen molar-refractivity contribution in [2.24, 2.45) is 0 Å². The van der Waals surface area contributed by atoms with E-state index >= 15 is 0 Å². The number of nitrogens with two attached hydrogens (primary N) is 1. The van der Waals surface area contributed by atoms with Crippen LogP contribution in [0.15, 0.2) is 23.1 Å². The van der Waals surface area contributed by atoms with Crippen molar-refractivity contribution in [3.63, 3.8) is 0 Å². The van der Waals surface area contributed by atoms with Crippen LogP contribution in [0.3, 0.4) is 0 Å². The minimum Gasteiger partial charge on any atom is -0.495 e. The maximum Gasteiger partial charge on any atom is 0.264 e. The molecule has 8 nitrogen and oxygen atoms in total. The van der Waals surface area contributed by atoms with Crippen molar-refractivity contribution in [3.8, 4) is 5.75 Å². The molecule has 0 amide bonds. The van der Waals surface area contributed by atoms with Gasteiger partial charge in [0.1, 0.15) is 5.75 Å². The lowest BCUT2D eigenvalue weighted by molar-refractivity contribution is 0.375. The molecule has 0 saturated heterocycles. The van der Waals surface area contributed by atoms with Gasteiger partial charge in [0.2, 0.25) is 10.0 Å². The fourth-order valence-electron chi connectivity index (χ4n) is 1.76. The van der Waals surface area contributed by atoms with Gasteiger partial charge in [0.05, 0.1) is 23.4 Å². The first-order chi connectivity index (χ1) is 9.99. The van der Waals surface area contributed by atoms with Crippen LogP contribution in [-0.4, -0.2) is 51.6 Å². The van der Waals surface area contributed by atoms with Crippen LogP contribution in [0, 0.1) is 0 Å². The fourth-order valence-corrected chi connectivity index (χ4v) is 3.80. The molecule has 1 atom stereocenters. The third kappa shape index (κ3) is 4.57. The highest BCUT2D eigenvalue weighted by Crippen LogP contribution is 2.27. The quantitative estimate of drug-likeness (QED) is 0.542. The fraction of sp³-hybridized carbons (Fsp3) is 0.500. The van der Waals surface area contributed by atoms with Crippen molar-refractivity contribution in [2.45, 2.75) is 24.3 Å². The molecule has 0 aliphatic heterocycles. The van der Waals surface area contributed by atoms with E-state index in [1.54, 1.807) is 6.92 Å². The van der Waals surface area contributed by atoms with Gasteiger partial charge in [-0.3, -0.25) is 4.55 Å². The molecule has 0 heterocycles. The van der Waals surface area contributed by atoms with Crippen LogP contribution < -0.4 is 10.5 Å². The molecule has 0 aliphatic carbocycles. The Morgan fingerprint density at radius 3 is 2.41 bits per heavy atom. The predicted octanol–water partition coefficient (Wildman–Crippen LogP) is 0.564. The zero-order chi connectivity index (χ0) is 17.1. The van der Waals surface area contributed by atoms with Gasteiger partial charge in [0.15, 0.2) is 0 Å². The zero-order valence-electron chi connectivity index (χ0n) is 12.6. The Morgan fingerprint density at radius 2 is 1.91 bits per heavy atom. The molecule has 3 N–H and O–H groups in total. The number of rotatable bonds is 7. The summed E-state index contributed by atoms with van der Waals surface area (Å²) in [4.78, 5) is -0.0141. The maximum absolute atomic E-state index is 12.5. The van der Waals surface area contributed by atoms with Crippen molar-refractivity contribution in [1.29, 1.82) is 0 Å². The van der Waals surface area contributed by atoms with Crippen LogP contribution in [0.4, 0.5) is 5.69 Å². The smallest absolute Gasteiger partial charge is 0.264 e. The van der Waals surface area contributed by atoms with E-state index in [4.69, 9.17) is 15.0 Å². The molecule has 0 radical (unpaired) electrons. The first kappa shape index (κ1) is 18.7.